The third-order valence-electron chi connectivity index (χ3n) is 1.10. The van der Waals surface area contributed by atoms with Crippen molar-refractivity contribution >= 4 is 0 Å². The second-order valence-corrected chi connectivity index (χ2v) is 2.41. The van der Waals surface area contributed by atoms with Gasteiger partial charge in [0, 0.05) is 13.2 Å². The fourth-order valence-corrected chi connectivity index (χ4v) is 0.413. The van der Waals surface area contributed by atoms with E-state index in [9.17, 15) is 0 Å². The number of unbranched alkanes of at least 4 members (excludes halogenated alkanes) is 1. The molecule has 0 atom stereocenters. The van der Waals surface area contributed by atoms with Gasteiger partial charge >= 0.3 is 0 Å². The second-order valence-electron chi connectivity index (χ2n) is 2.41. The largest absolute Gasteiger partial charge is 0.396 e. The predicted molar refractivity (Wildman–Crippen MR) is 50.2 cm³/mol. The van der Waals surface area contributed by atoms with Crippen LogP contribution < -0.4 is 0 Å². The zero-order valence-electron chi connectivity index (χ0n) is 8.25. The van der Waals surface area contributed by atoms with Gasteiger partial charge in [-0.05, 0) is 12.8 Å². The van der Waals surface area contributed by atoms with Gasteiger partial charge in [0.05, 0.1) is 13.2 Å². The molecule has 3 nitrogen and oxygen atoms in total. The standard InChI is InChI=1S/C6H14O2.C3H8O/c1-2-3-5-8-6-4-7;1-2-3-4/h7H,2-6H2,1H3;4H,2-3H2,1H3. The van der Waals surface area contributed by atoms with Crippen molar-refractivity contribution < 1.29 is 14.9 Å². The van der Waals surface area contributed by atoms with E-state index in [4.69, 9.17) is 14.9 Å². The number of ether oxygens (including phenoxy) is 1. The molecule has 0 saturated heterocycles. The molecule has 0 unspecified atom stereocenters. The van der Waals surface area contributed by atoms with Gasteiger partial charge in [-0.3, -0.25) is 0 Å². The third-order valence-corrected chi connectivity index (χ3v) is 1.10. The third kappa shape index (κ3) is 22.5. The van der Waals surface area contributed by atoms with Gasteiger partial charge in [0.25, 0.3) is 0 Å². The summed E-state index contributed by atoms with van der Waals surface area (Å²) in [5.74, 6) is 0. The fourth-order valence-electron chi connectivity index (χ4n) is 0.413. The highest BCUT2D eigenvalue weighted by atomic mass is 16.5. The molecule has 0 fully saturated rings. The fraction of sp³-hybridized carbons (Fsp3) is 1.00. The van der Waals surface area contributed by atoms with E-state index in [1.807, 2.05) is 6.92 Å². The molecular weight excluding hydrogens is 156 g/mol. The van der Waals surface area contributed by atoms with Crippen molar-refractivity contribution in [3.8, 4) is 0 Å². The van der Waals surface area contributed by atoms with Crippen LogP contribution >= 0.6 is 0 Å². The molecule has 0 aromatic carbocycles. The zero-order chi connectivity index (χ0) is 9.66. The molecule has 76 valence electrons. The molecule has 3 heteroatoms. The van der Waals surface area contributed by atoms with Gasteiger partial charge in [-0.15, -0.1) is 0 Å². The summed E-state index contributed by atoms with van der Waals surface area (Å²) in [7, 11) is 0. The quantitative estimate of drug-likeness (QED) is 0.600. The van der Waals surface area contributed by atoms with Crippen molar-refractivity contribution in [1.82, 2.24) is 0 Å². The summed E-state index contributed by atoms with van der Waals surface area (Å²) in [5.41, 5.74) is 0. The highest BCUT2D eigenvalue weighted by Gasteiger charge is 1.82. The SMILES string of the molecule is CCCCOCCO.CCCO. The van der Waals surface area contributed by atoms with Crippen molar-refractivity contribution in [2.75, 3.05) is 26.4 Å². The maximum atomic E-state index is 8.24. The Morgan fingerprint density at radius 2 is 1.50 bits per heavy atom. The van der Waals surface area contributed by atoms with Crippen molar-refractivity contribution in [3.63, 3.8) is 0 Å². The van der Waals surface area contributed by atoms with Gasteiger partial charge in [-0.1, -0.05) is 20.3 Å². The zero-order valence-corrected chi connectivity index (χ0v) is 8.25. The van der Waals surface area contributed by atoms with E-state index in [0.717, 1.165) is 25.9 Å². The molecule has 0 aliphatic heterocycles. The maximum Gasteiger partial charge on any atom is 0.0697 e. The van der Waals surface area contributed by atoms with E-state index < -0.39 is 0 Å². The predicted octanol–water partition coefficient (Wildman–Crippen LogP) is 1.18. The Bertz CT molecular complexity index is 49.7. The van der Waals surface area contributed by atoms with Crippen molar-refractivity contribution in [3.05, 3.63) is 0 Å². The lowest BCUT2D eigenvalue weighted by Crippen LogP contribution is -1.99. The number of hydrogen-bond donors (Lipinski definition) is 2. The normalized spacial score (nSPS) is 9.00. The molecule has 0 rings (SSSR count). The minimum absolute atomic E-state index is 0.143. The van der Waals surface area contributed by atoms with E-state index in [1.165, 1.54) is 0 Å². The molecule has 0 amide bonds. The Morgan fingerprint density at radius 3 is 1.83 bits per heavy atom. The molecular formula is C9H22O3. The lowest BCUT2D eigenvalue weighted by atomic mass is 10.4. The van der Waals surface area contributed by atoms with Crippen LogP contribution in [0.1, 0.15) is 33.1 Å². The lowest BCUT2D eigenvalue weighted by Gasteiger charge is -1.97. The number of aliphatic hydroxyl groups is 2. The van der Waals surface area contributed by atoms with Crippen LogP contribution in [0.3, 0.4) is 0 Å². The average molecular weight is 178 g/mol. The molecule has 0 radical (unpaired) electrons. The Kier molecular flexibility index (Phi) is 20.5. The summed E-state index contributed by atoms with van der Waals surface area (Å²) in [6.07, 6.45) is 3.13. The Balaban J connectivity index is 0. The Morgan fingerprint density at radius 1 is 0.917 bits per heavy atom. The van der Waals surface area contributed by atoms with Crippen LogP contribution in [0.15, 0.2) is 0 Å². The minimum Gasteiger partial charge on any atom is -0.396 e. The summed E-state index contributed by atoms with van der Waals surface area (Å²) in [5, 5.41) is 16.1. The maximum absolute atomic E-state index is 8.24. The van der Waals surface area contributed by atoms with Gasteiger partial charge in [-0.25, -0.2) is 0 Å². The van der Waals surface area contributed by atoms with Gasteiger partial charge in [-0.2, -0.15) is 0 Å². The van der Waals surface area contributed by atoms with Gasteiger partial charge in [0.1, 0.15) is 0 Å². The van der Waals surface area contributed by atoms with Crippen molar-refractivity contribution in [2.45, 2.75) is 33.1 Å². The van der Waals surface area contributed by atoms with Gasteiger partial charge in [0.2, 0.25) is 0 Å². The van der Waals surface area contributed by atoms with Crippen LogP contribution in [0.25, 0.3) is 0 Å². The average Bonchev–Trinajstić information content (AvgIpc) is 2.13. The summed E-state index contributed by atoms with van der Waals surface area (Å²) in [4.78, 5) is 0. The first-order chi connectivity index (χ1) is 5.83. The lowest BCUT2D eigenvalue weighted by molar-refractivity contribution is 0.0904. The molecule has 0 bridgehead atoms. The molecule has 0 aromatic heterocycles. The van der Waals surface area contributed by atoms with Crippen LogP contribution in [0.5, 0.6) is 0 Å². The van der Waals surface area contributed by atoms with Gasteiger partial charge in [0.15, 0.2) is 0 Å². The van der Waals surface area contributed by atoms with E-state index in [0.29, 0.717) is 13.2 Å². The molecule has 0 aliphatic carbocycles. The van der Waals surface area contributed by atoms with Crippen LogP contribution in [-0.2, 0) is 4.74 Å². The summed E-state index contributed by atoms with van der Waals surface area (Å²) >= 11 is 0. The van der Waals surface area contributed by atoms with Gasteiger partial charge < -0.3 is 14.9 Å². The Labute approximate surface area is 75.4 Å². The van der Waals surface area contributed by atoms with Crippen LogP contribution in [-0.4, -0.2) is 36.6 Å². The second kappa shape index (κ2) is 17.1. The molecule has 2 N–H and O–H groups in total. The number of hydrogen-bond acceptors (Lipinski definition) is 3. The number of aliphatic hydroxyl groups excluding tert-OH is 2. The highest BCUT2D eigenvalue weighted by molar-refractivity contribution is 4.30. The van der Waals surface area contributed by atoms with E-state index in [2.05, 4.69) is 6.92 Å². The molecule has 12 heavy (non-hydrogen) atoms. The molecule has 0 aromatic rings. The van der Waals surface area contributed by atoms with Crippen molar-refractivity contribution in [2.24, 2.45) is 0 Å². The minimum atomic E-state index is 0.143. The topological polar surface area (TPSA) is 49.7 Å². The Hall–Kier alpha value is -0.120. The summed E-state index contributed by atoms with van der Waals surface area (Å²) in [6, 6.07) is 0. The van der Waals surface area contributed by atoms with Crippen molar-refractivity contribution in [1.29, 1.82) is 0 Å². The molecule has 0 heterocycles. The first kappa shape index (κ1) is 14.4. The first-order valence-corrected chi connectivity index (χ1v) is 4.62. The highest BCUT2D eigenvalue weighted by Crippen LogP contribution is 1.85. The van der Waals surface area contributed by atoms with E-state index in [1.54, 1.807) is 0 Å². The first-order valence-electron chi connectivity index (χ1n) is 4.62. The monoisotopic (exact) mass is 178 g/mol. The molecule has 0 saturated carbocycles. The summed E-state index contributed by atoms with van der Waals surface area (Å²) in [6.45, 7) is 5.78. The number of rotatable bonds is 6. The van der Waals surface area contributed by atoms with Crippen LogP contribution in [0.2, 0.25) is 0 Å². The van der Waals surface area contributed by atoms with E-state index >= 15 is 0 Å². The summed E-state index contributed by atoms with van der Waals surface area (Å²) < 4.78 is 4.97. The van der Waals surface area contributed by atoms with Crippen LogP contribution in [0.4, 0.5) is 0 Å². The van der Waals surface area contributed by atoms with Crippen LogP contribution in [0, 0.1) is 0 Å². The molecule has 0 spiro atoms. The smallest absolute Gasteiger partial charge is 0.0697 e. The molecule has 0 aliphatic rings. The van der Waals surface area contributed by atoms with E-state index in [-0.39, 0.29) is 6.61 Å².